The van der Waals surface area contributed by atoms with Gasteiger partial charge in [-0.2, -0.15) is 0 Å². The Labute approximate surface area is 121 Å². The number of rotatable bonds is 7. The lowest BCUT2D eigenvalue weighted by Gasteiger charge is -2.28. The van der Waals surface area contributed by atoms with Crippen molar-refractivity contribution in [1.29, 1.82) is 0 Å². The summed E-state index contributed by atoms with van der Waals surface area (Å²) >= 11 is 0. The van der Waals surface area contributed by atoms with Crippen molar-refractivity contribution < 1.29 is 4.92 Å². The molecule has 0 bridgehead atoms. The highest BCUT2D eigenvalue weighted by molar-refractivity contribution is 5.62. The second kappa shape index (κ2) is 7.24. The maximum atomic E-state index is 11.1. The molecule has 1 rings (SSSR count). The monoisotopic (exact) mass is 279 g/mol. The summed E-state index contributed by atoms with van der Waals surface area (Å²) in [5.41, 5.74) is 1.67. The Hall–Kier alpha value is -1.62. The molecule has 0 radical (unpaired) electrons. The first-order valence-corrected chi connectivity index (χ1v) is 7.04. The van der Waals surface area contributed by atoms with E-state index in [-0.39, 0.29) is 10.6 Å². The Morgan fingerprint density at radius 2 is 1.95 bits per heavy atom. The molecule has 112 valence electrons. The average Bonchev–Trinajstić information content (AvgIpc) is 2.37. The van der Waals surface area contributed by atoms with Crippen LogP contribution in [-0.4, -0.2) is 29.5 Å². The summed E-state index contributed by atoms with van der Waals surface area (Å²) in [4.78, 5) is 13.1. The molecule has 0 saturated carbocycles. The van der Waals surface area contributed by atoms with Gasteiger partial charge in [-0.15, -0.1) is 0 Å². The first-order valence-electron chi connectivity index (χ1n) is 7.04. The van der Waals surface area contributed by atoms with E-state index in [9.17, 15) is 10.1 Å². The van der Waals surface area contributed by atoms with Crippen LogP contribution in [0.2, 0.25) is 0 Å². The van der Waals surface area contributed by atoms with Crippen molar-refractivity contribution in [3.8, 4) is 0 Å². The molecule has 1 aromatic rings. The summed E-state index contributed by atoms with van der Waals surface area (Å²) in [5.74, 6) is 0.573. The van der Waals surface area contributed by atoms with Crippen molar-refractivity contribution in [3.63, 3.8) is 0 Å². The SMILES string of the molecule is CNc1ccc(CN(CC(C)C)C(C)C)cc1[N+](=O)[O-]. The molecule has 0 aromatic heterocycles. The molecule has 20 heavy (non-hydrogen) atoms. The smallest absolute Gasteiger partial charge is 0.292 e. The highest BCUT2D eigenvalue weighted by atomic mass is 16.6. The standard InChI is InChI=1S/C15H25N3O2/c1-11(2)9-17(12(3)4)10-13-6-7-14(16-5)15(8-13)18(19)20/h6-8,11-12,16H,9-10H2,1-5H3. The topological polar surface area (TPSA) is 58.4 Å². The van der Waals surface area contributed by atoms with Gasteiger partial charge in [-0.1, -0.05) is 19.9 Å². The lowest BCUT2D eigenvalue weighted by atomic mass is 10.1. The van der Waals surface area contributed by atoms with Gasteiger partial charge in [-0.25, -0.2) is 0 Å². The fourth-order valence-corrected chi connectivity index (χ4v) is 2.20. The predicted octanol–water partition coefficient (Wildman–Crippen LogP) is 3.50. The van der Waals surface area contributed by atoms with Crippen LogP contribution in [0.1, 0.15) is 33.3 Å². The van der Waals surface area contributed by atoms with Gasteiger partial charge in [0.25, 0.3) is 5.69 Å². The Morgan fingerprint density at radius 3 is 2.40 bits per heavy atom. The zero-order valence-electron chi connectivity index (χ0n) is 13.0. The third-order valence-corrected chi connectivity index (χ3v) is 3.24. The highest BCUT2D eigenvalue weighted by Crippen LogP contribution is 2.26. The summed E-state index contributed by atoms with van der Waals surface area (Å²) in [5, 5.41) is 13.9. The highest BCUT2D eigenvalue weighted by Gasteiger charge is 2.16. The van der Waals surface area contributed by atoms with E-state index in [0.29, 0.717) is 17.6 Å². The first kappa shape index (κ1) is 16.4. The van der Waals surface area contributed by atoms with E-state index in [1.807, 2.05) is 6.07 Å². The Bertz CT molecular complexity index is 458. The van der Waals surface area contributed by atoms with E-state index in [2.05, 4.69) is 37.9 Å². The summed E-state index contributed by atoms with van der Waals surface area (Å²) in [6.45, 7) is 10.4. The van der Waals surface area contributed by atoms with E-state index in [1.165, 1.54) is 0 Å². The molecule has 0 fully saturated rings. The minimum atomic E-state index is -0.336. The van der Waals surface area contributed by atoms with E-state index in [1.54, 1.807) is 19.2 Å². The minimum absolute atomic E-state index is 0.137. The number of benzene rings is 1. The molecule has 0 amide bonds. The van der Waals surface area contributed by atoms with Gasteiger partial charge in [-0.3, -0.25) is 15.0 Å². The maximum absolute atomic E-state index is 11.1. The van der Waals surface area contributed by atoms with Crippen LogP contribution in [-0.2, 0) is 6.54 Å². The molecule has 5 nitrogen and oxygen atoms in total. The van der Waals surface area contributed by atoms with Crippen molar-refractivity contribution >= 4 is 11.4 Å². The van der Waals surface area contributed by atoms with Crippen LogP contribution in [0.15, 0.2) is 18.2 Å². The molecule has 0 aliphatic carbocycles. The van der Waals surface area contributed by atoms with Gasteiger partial charge in [0.2, 0.25) is 0 Å². The molecule has 5 heteroatoms. The minimum Gasteiger partial charge on any atom is -0.383 e. The Balaban J connectivity index is 2.96. The molecule has 0 aliphatic rings. The normalized spacial score (nSPS) is 11.4. The summed E-state index contributed by atoms with van der Waals surface area (Å²) in [6, 6.07) is 5.82. The second-order valence-corrected chi connectivity index (χ2v) is 5.78. The molecule has 0 saturated heterocycles. The number of hydrogen-bond acceptors (Lipinski definition) is 4. The van der Waals surface area contributed by atoms with E-state index < -0.39 is 0 Å². The van der Waals surface area contributed by atoms with Crippen LogP contribution < -0.4 is 5.32 Å². The summed E-state index contributed by atoms with van der Waals surface area (Å²) < 4.78 is 0. The van der Waals surface area contributed by atoms with E-state index >= 15 is 0 Å². The summed E-state index contributed by atoms with van der Waals surface area (Å²) in [6.07, 6.45) is 0. The molecule has 0 heterocycles. The predicted molar refractivity (Wildman–Crippen MR) is 83.0 cm³/mol. The van der Waals surface area contributed by atoms with Gasteiger partial charge in [0.15, 0.2) is 0 Å². The fraction of sp³-hybridized carbons (Fsp3) is 0.600. The zero-order chi connectivity index (χ0) is 15.3. The average molecular weight is 279 g/mol. The first-order chi connectivity index (χ1) is 9.35. The summed E-state index contributed by atoms with van der Waals surface area (Å²) in [7, 11) is 1.70. The van der Waals surface area contributed by atoms with Crippen LogP contribution in [0.4, 0.5) is 11.4 Å². The molecular formula is C15H25N3O2. The molecular weight excluding hydrogens is 254 g/mol. The zero-order valence-corrected chi connectivity index (χ0v) is 13.0. The van der Waals surface area contributed by atoms with E-state index in [4.69, 9.17) is 0 Å². The van der Waals surface area contributed by atoms with Crippen LogP contribution in [0.5, 0.6) is 0 Å². The number of anilines is 1. The largest absolute Gasteiger partial charge is 0.383 e. The van der Waals surface area contributed by atoms with Crippen molar-refractivity contribution in [2.45, 2.75) is 40.3 Å². The van der Waals surface area contributed by atoms with Crippen LogP contribution in [0.3, 0.4) is 0 Å². The molecule has 1 N–H and O–H groups in total. The Kier molecular flexibility index (Phi) is 5.95. The molecule has 0 unspecified atom stereocenters. The Morgan fingerprint density at radius 1 is 1.30 bits per heavy atom. The second-order valence-electron chi connectivity index (χ2n) is 5.78. The third-order valence-electron chi connectivity index (χ3n) is 3.24. The maximum Gasteiger partial charge on any atom is 0.292 e. The lowest BCUT2D eigenvalue weighted by molar-refractivity contribution is -0.384. The number of nitro groups is 1. The van der Waals surface area contributed by atoms with Gasteiger partial charge < -0.3 is 5.32 Å². The van der Waals surface area contributed by atoms with Crippen LogP contribution >= 0.6 is 0 Å². The quantitative estimate of drug-likeness (QED) is 0.613. The fourth-order valence-electron chi connectivity index (χ4n) is 2.20. The molecule has 0 aliphatic heterocycles. The van der Waals surface area contributed by atoms with Crippen LogP contribution in [0, 0.1) is 16.0 Å². The van der Waals surface area contributed by atoms with Crippen molar-refractivity contribution in [1.82, 2.24) is 4.90 Å². The molecule has 1 aromatic carbocycles. The number of hydrogen-bond donors (Lipinski definition) is 1. The van der Waals surface area contributed by atoms with Gasteiger partial charge in [0.1, 0.15) is 5.69 Å². The van der Waals surface area contributed by atoms with Crippen molar-refractivity contribution in [2.24, 2.45) is 5.92 Å². The molecule has 0 spiro atoms. The van der Waals surface area contributed by atoms with Gasteiger partial charge in [-0.05, 0) is 31.4 Å². The van der Waals surface area contributed by atoms with Crippen molar-refractivity contribution in [3.05, 3.63) is 33.9 Å². The van der Waals surface area contributed by atoms with Gasteiger partial charge >= 0.3 is 0 Å². The number of nitrogens with zero attached hydrogens (tertiary/aromatic N) is 2. The van der Waals surface area contributed by atoms with E-state index in [0.717, 1.165) is 18.7 Å². The van der Waals surface area contributed by atoms with Gasteiger partial charge in [0.05, 0.1) is 4.92 Å². The van der Waals surface area contributed by atoms with Crippen LogP contribution in [0.25, 0.3) is 0 Å². The number of nitrogens with one attached hydrogen (secondary N) is 1. The lowest BCUT2D eigenvalue weighted by Crippen LogP contribution is -2.33. The van der Waals surface area contributed by atoms with Crippen molar-refractivity contribution in [2.75, 3.05) is 18.9 Å². The molecule has 0 atom stereocenters. The third kappa shape index (κ3) is 4.49. The van der Waals surface area contributed by atoms with Gasteiger partial charge in [0, 0.05) is 32.2 Å². The number of nitro benzene ring substituents is 1.